The van der Waals surface area contributed by atoms with Crippen LogP contribution in [0.2, 0.25) is 0 Å². The lowest BCUT2D eigenvalue weighted by Crippen LogP contribution is -2.24. The van der Waals surface area contributed by atoms with Crippen molar-refractivity contribution < 1.29 is 13.6 Å². The molecule has 1 aliphatic rings. The van der Waals surface area contributed by atoms with E-state index in [1.54, 1.807) is 0 Å². The molecule has 4 heteroatoms. The maximum absolute atomic E-state index is 12.7. The Morgan fingerprint density at radius 2 is 2.21 bits per heavy atom. The standard InChI is InChI=1S/C10H15F2NO/c1-7(2)3-9(14)4-8-5-10(11,12)6-13-8/h3,8,13H,4-6H2,1-2H3/t8-/m1/s1. The summed E-state index contributed by atoms with van der Waals surface area (Å²) in [6.07, 6.45) is 1.44. The van der Waals surface area contributed by atoms with E-state index in [9.17, 15) is 13.6 Å². The Kier molecular flexibility index (Phi) is 3.37. The number of hydrogen-bond donors (Lipinski definition) is 1. The predicted octanol–water partition coefficient (Wildman–Crippen LogP) is 1.91. The largest absolute Gasteiger partial charge is 0.308 e. The van der Waals surface area contributed by atoms with Crippen molar-refractivity contribution >= 4 is 5.78 Å². The number of alkyl halides is 2. The highest BCUT2D eigenvalue weighted by Gasteiger charge is 2.39. The van der Waals surface area contributed by atoms with Crippen LogP contribution in [0.4, 0.5) is 8.78 Å². The van der Waals surface area contributed by atoms with Crippen LogP contribution in [0.3, 0.4) is 0 Å². The molecule has 0 saturated carbocycles. The molecule has 1 N–H and O–H groups in total. The Morgan fingerprint density at radius 1 is 1.57 bits per heavy atom. The van der Waals surface area contributed by atoms with Gasteiger partial charge in [0.15, 0.2) is 5.78 Å². The maximum atomic E-state index is 12.7. The zero-order valence-corrected chi connectivity index (χ0v) is 8.44. The third-order valence-electron chi connectivity index (χ3n) is 2.09. The molecule has 0 radical (unpaired) electrons. The average molecular weight is 203 g/mol. The molecule has 0 aromatic heterocycles. The molecule has 0 spiro atoms. The van der Waals surface area contributed by atoms with Gasteiger partial charge in [0.25, 0.3) is 5.92 Å². The highest BCUT2D eigenvalue weighted by atomic mass is 19.3. The van der Waals surface area contributed by atoms with Crippen LogP contribution in [-0.4, -0.2) is 24.3 Å². The van der Waals surface area contributed by atoms with Crippen LogP contribution in [-0.2, 0) is 4.79 Å². The summed E-state index contributed by atoms with van der Waals surface area (Å²) in [7, 11) is 0. The zero-order valence-electron chi connectivity index (χ0n) is 8.44. The van der Waals surface area contributed by atoms with E-state index in [2.05, 4.69) is 5.32 Å². The molecule has 2 nitrogen and oxygen atoms in total. The lowest BCUT2D eigenvalue weighted by molar-refractivity contribution is -0.115. The smallest absolute Gasteiger partial charge is 0.261 e. The number of halogens is 2. The summed E-state index contributed by atoms with van der Waals surface area (Å²) in [5, 5.41) is 2.65. The molecular formula is C10H15F2NO. The molecule has 0 bridgehead atoms. The SMILES string of the molecule is CC(C)=CC(=O)C[C@@H]1CC(F)(F)CN1. The molecule has 80 valence electrons. The minimum Gasteiger partial charge on any atom is -0.308 e. The van der Waals surface area contributed by atoms with Crippen molar-refractivity contribution in [1.82, 2.24) is 5.32 Å². The van der Waals surface area contributed by atoms with Crippen molar-refractivity contribution in [3.8, 4) is 0 Å². The number of ketones is 1. The lowest BCUT2D eigenvalue weighted by atomic mass is 10.1. The fourth-order valence-electron chi connectivity index (χ4n) is 1.57. The van der Waals surface area contributed by atoms with Gasteiger partial charge in [0, 0.05) is 18.9 Å². The summed E-state index contributed by atoms with van der Waals surface area (Å²) in [4.78, 5) is 11.3. The molecular weight excluding hydrogens is 188 g/mol. The van der Waals surface area contributed by atoms with Gasteiger partial charge < -0.3 is 5.32 Å². The van der Waals surface area contributed by atoms with E-state index in [-0.39, 0.29) is 31.2 Å². The van der Waals surface area contributed by atoms with Gasteiger partial charge in [-0.2, -0.15) is 0 Å². The predicted molar refractivity (Wildman–Crippen MR) is 50.4 cm³/mol. The quantitative estimate of drug-likeness (QED) is 0.710. The molecule has 1 saturated heterocycles. The second-order valence-electron chi connectivity index (χ2n) is 4.03. The minimum atomic E-state index is -2.64. The van der Waals surface area contributed by atoms with Gasteiger partial charge in [-0.1, -0.05) is 5.57 Å². The van der Waals surface area contributed by atoms with Gasteiger partial charge in [-0.3, -0.25) is 4.79 Å². The van der Waals surface area contributed by atoms with E-state index in [1.807, 2.05) is 13.8 Å². The summed E-state index contributed by atoms with van der Waals surface area (Å²) < 4.78 is 25.4. The van der Waals surface area contributed by atoms with E-state index in [4.69, 9.17) is 0 Å². The summed E-state index contributed by atoms with van der Waals surface area (Å²) in [6.45, 7) is 3.32. The monoisotopic (exact) mass is 203 g/mol. The van der Waals surface area contributed by atoms with Gasteiger partial charge >= 0.3 is 0 Å². The second-order valence-corrected chi connectivity index (χ2v) is 4.03. The fraction of sp³-hybridized carbons (Fsp3) is 0.700. The highest BCUT2D eigenvalue weighted by Crippen LogP contribution is 2.26. The molecule has 1 fully saturated rings. The average Bonchev–Trinajstić information content (AvgIpc) is 2.27. The Hall–Kier alpha value is -0.770. The molecule has 0 aromatic carbocycles. The molecule has 0 aliphatic carbocycles. The number of hydrogen-bond acceptors (Lipinski definition) is 2. The Balaban J connectivity index is 2.40. The lowest BCUT2D eigenvalue weighted by Gasteiger charge is -2.07. The fourth-order valence-corrected chi connectivity index (χ4v) is 1.57. The van der Waals surface area contributed by atoms with Crippen molar-refractivity contribution in [2.45, 2.75) is 38.7 Å². The first-order valence-electron chi connectivity index (χ1n) is 4.68. The van der Waals surface area contributed by atoms with Crippen molar-refractivity contribution in [3.63, 3.8) is 0 Å². The maximum Gasteiger partial charge on any atom is 0.261 e. The number of nitrogens with one attached hydrogen (secondary N) is 1. The first-order chi connectivity index (χ1) is 6.39. The molecule has 0 aromatic rings. The van der Waals surface area contributed by atoms with Crippen LogP contribution >= 0.6 is 0 Å². The van der Waals surface area contributed by atoms with E-state index < -0.39 is 5.92 Å². The van der Waals surface area contributed by atoms with E-state index in [0.717, 1.165) is 5.57 Å². The van der Waals surface area contributed by atoms with Gasteiger partial charge in [0.1, 0.15) is 0 Å². The first kappa shape index (κ1) is 11.3. The van der Waals surface area contributed by atoms with Crippen LogP contribution < -0.4 is 5.32 Å². The molecule has 1 aliphatic heterocycles. The van der Waals surface area contributed by atoms with Crippen LogP contribution in [0.5, 0.6) is 0 Å². The van der Waals surface area contributed by atoms with E-state index >= 15 is 0 Å². The molecule has 1 heterocycles. The summed E-state index contributed by atoms with van der Waals surface area (Å²) in [5.74, 6) is -2.73. The van der Waals surface area contributed by atoms with Gasteiger partial charge in [0.2, 0.25) is 0 Å². The molecule has 14 heavy (non-hydrogen) atoms. The normalized spacial score (nSPS) is 24.7. The number of rotatable bonds is 3. The molecule has 1 atom stereocenters. The number of carbonyl (C=O) groups excluding carboxylic acids is 1. The highest BCUT2D eigenvalue weighted by molar-refractivity contribution is 5.90. The summed E-state index contributed by atoms with van der Waals surface area (Å²) in [5.41, 5.74) is 0.903. The first-order valence-corrected chi connectivity index (χ1v) is 4.68. The summed E-state index contributed by atoms with van der Waals surface area (Å²) in [6, 6.07) is -0.368. The molecule has 1 rings (SSSR count). The van der Waals surface area contributed by atoms with Crippen molar-refractivity contribution in [2.24, 2.45) is 0 Å². The Bertz CT molecular complexity index is 257. The van der Waals surface area contributed by atoms with Crippen LogP contribution in [0, 0.1) is 0 Å². The third-order valence-corrected chi connectivity index (χ3v) is 2.09. The van der Waals surface area contributed by atoms with Crippen molar-refractivity contribution in [2.75, 3.05) is 6.54 Å². The zero-order chi connectivity index (χ0) is 10.8. The summed E-state index contributed by atoms with van der Waals surface area (Å²) >= 11 is 0. The van der Waals surface area contributed by atoms with E-state index in [1.165, 1.54) is 6.08 Å². The van der Waals surface area contributed by atoms with Crippen molar-refractivity contribution in [3.05, 3.63) is 11.6 Å². The minimum absolute atomic E-state index is 0.0831. The second kappa shape index (κ2) is 4.17. The van der Waals surface area contributed by atoms with Crippen LogP contribution in [0.1, 0.15) is 26.7 Å². The van der Waals surface area contributed by atoms with Crippen molar-refractivity contribution in [1.29, 1.82) is 0 Å². The number of allylic oxidation sites excluding steroid dienone is 2. The Labute approximate surface area is 82.4 Å². The third kappa shape index (κ3) is 3.54. The van der Waals surface area contributed by atoms with Crippen LogP contribution in [0.25, 0.3) is 0 Å². The van der Waals surface area contributed by atoms with E-state index in [0.29, 0.717) is 0 Å². The topological polar surface area (TPSA) is 29.1 Å². The number of carbonyl (C=O) groups is 1. The van der Waals surface area contributed by atoms with Gasteiger partial charge in [-0.15, -0.1) is 0 Å². The molecule has 0 amide bonds. The van der Waals surface area contributed by atoms with Gasteiger partial charge in [-0.05, 0) is 19.9 Å². The van der Waals surface area contributed by atoms with Crippen LogP contribution in [0.15, 0.2) is 11.6 Å². The van der Waals surface area contributed by atoms with Gasteiger partial charge in [0.05, 0.1) is 6.54 Å². The van der Waals surface area contributed by atoms with Gasteiger partial charge in [-0.25, -0.2) is 8.78 Å². The molecule has 0 unspecified atom stereocenters. The Morgan fingerprint density at radius 3 is 2.64 bits per heavy atom.